The van der Waals surface area contributed by atoms with Gasteiger partial charge in [-0.2, -0.15) is 4.31 Å². The van der Waals surface area contributed by atoms with E-state index in [1.807, 2.05) is 0 Å². The third-order valence-corrected chi connectivity index (χ3v) is 3.34. The van der Waals surface area contributed by atoms with Crippen LogP contribution in [0.3, 0.4) is 0 Å². The number of carbonyl (C=O) groups excluding carboxylic acids is 1. The Balaban J connectivity index is 4.18. The average molecular weight is 292 g/mol. The van der Waals surface area contributed by atoms with Crippen LogP contribution in [0.25, 0.3) is 0 Å². The standard InChI is InChI=1S/C6H14O9P2/c1-6(2,3)5(7)13-4-14-17(11,12)15-16(8,9)10/h4H2,1-3H3,(H,11,12)(H2,8,9,10). The monoisotopic (exact) mass is 292 g/mol. The van der Waals surface area contributed by atoms with Crippen LogP contribution in [0.5, 0.6) is 0 Å². The van der Waals surface area contributed by atoms with E-state index in [0.717, 1.165) is 0 Å². The van der Waals surface area contributed by atoms with Crippen molar-refractivity contribution in [3.63, 3.8) is 0 Å². The molecule has 1 atom stereocenters. The quantitative estimate of drug-likeness (QED) is 0.380. The zero-order chi connectivity index (χ0) is 13.9. The molecule has 0 bridgehead atoms. The van der Waals surface area contributed by atoms with Crippen molar-refractivity contribution < 1.29 is 42.2 Å². The summed E-state index contributed by atoms with van der Waals surface area (Å²) in [5.41, 5.74) is -0.840. The van der Waals surface area contributed by atoms with E-state index < -0.39 is 33.8 Å². The molecule has 0 radical (unpaired) electrons. The Morgan fingerprint density at radius 2 is 1.65 bits per heavy atom. The van der Waals surface area contributed by atoms with Gasteiger partial charge >= 0.3 is 21.6 Å². The molecule has 0 spiro atoms. The molecular weight excluding hydrogens is 278 g/mol. The average Bonchev–Trinajstić information content (AvgIpc) is 1.96. The van der Waals surface area contributed by atoms with Gasteiger partial charge in [-0.3, -0.25) is 4.79 Å². The Kier molecular flexibility index (Phi) is 5.49. The number of rotatable bonds is 5. The highest BCUT2D eigenvalue weighted by Gasteiger charge is 2.33. The summed E-state index contributed by atoms with van der Waals surface area (Å²) < 4.78 is 33.1. The van der Waals surface area contributed by atoms with Crippen molar-refractivity contribution in [2.75, 3.05) is 6.79 Å². The summed E-state index contributed by atoms with van der Waals surface area (Å²) in [6.07, 6.45) is 0. The molecule has 0 saturated heterocycles. The second kappa shape index (κ2) is 5.58. The maximum absolute atomic E-state index is 11.2. The van der Waals surface area contributed by atoms with Crippen molar-refractivity contribution in [3.8, 4) is 0 Å². The van der Waals surface area contributed by atoms with Crippen LogP contribution in [-0.2, 0) is 27.5 Å². The minimum Gasteiger partial charge on any atom is -0.437 e. The minimum absolute atomic E-state index is 0.714. The predicted molar refractivity (Wildman–Crippen MR) is 54.5 cm³/mol. The van der Waals surface area contributed by atoms with E-state index in [-0.39, 0.29) is 0 Å². The molecule has 0 aromatic rings. The van der Waals surface area contributed by atoms with Crippen LogP contribution in [0, 0.1) is 5.41 Å². The lowest BCUT2D eigenvalue weighted by atomic mass is 9.98. The van der Waals surface area contributed by atoms with Gasteiger partial charge in [-0.1, -0.05) is 0 Å². The van der Waals surface area contributed by atoms with E-state index in [4.69, 9.17) is 14.7 Å². The maximum atomic E-state index is 11.2. The normalized spacial score (nSPS) is 16.4. The molecule has 0 aromatic carbocycles. The lowest BCUT2D eigenvalue weighted by Gasteiger charge is -2.17. The molecule has 0 amide bonds. The molecule has 0 aliphatic heterocycles. The van der Waals surface area contributed by atoms with Gasteiger partial charge in [0.1, 0.15) is 0 Å². The number of ether oxygens (including phenoxy) is 1. The lowest BCUT2D eigenvalue weighted by molar-refractivity contribution is -0.160. The van der Waals surface area contributed by atoms with E-state index in [1.165, 1.54) is 0 Å². The van der Waals surface area contributed by atoms with Crippen molar-refractivity contribution in [1.29, 1.82) is 0 Å². The molecule has 0 saturated carbocycles. The van der Waals surface area contributed by atoms with E-state index in [0.29, 0.717) is 0 Å². The molecular formula is C6H14O9P2. The van der Waals surface area contributed by atoms with Crippen LogP contribution in [0.15, 0.2) is 0 Å². The van der Waals surface area contributed by atoms with E-state index in [9.17, 15) is 13.9 Å². The molecule has 17 heavy (non-hydrogen) atoms. The first-order valence-corrected chi connectivity index (χ1v) is 7.27. The number of esters is 1. The van der Waals surface area contributed by atoms with Crippen molar-refractivity contribution in [3.05, 3.63) is 0 Å². The van der Waals surface area contributed by atoms with Crippen molar-refractivity contribution in [1.82, 2.24) is 0 Å². The molecule has 0 heterocycles. The van der Waals surface area contributed by atoms with Gasteiger partial charge in [0.15, 0.2) is 0 Å². The number of phosphoric ester groups is 1. The summed E-state index contributed by atoms with van der Waals surface area (Å²) in [4.78, 5) is 36.5. The van der Waals surface area contributed by atoms with E-state index in [1.54, 1.807) is 20.8 Å². The van der Waals surface area contributed by atoms with Gasteiger partial charge in [0.25, 0.3) is 0 Å². The van der Waals surface area contributed by atoms with Crippen LogP contribution >= 0.6 is 15.6 Å². The van der Waals surface area contributed by atoms with Crippen LogP contribution in [0.1, 0.15) is 20.8 Å². The van der Waals surface area contributed by atoms with E-state index in [2.05, 4.69) is 13.6 Å². The molecule has 102 valence electrons. The van der Waals surface area contributed by atoms with Gasteiger partial charge in [-0.15, -0.1) is 0 Å². The Morgan fingerprint density at radius 1 is 1.18 bits per heavy atom. The summed E-state index contributed by atoms with van der Waals surface area (Å²) in [5.74, 6) is -0.714. The first-order chi connectivity index (χ1) is 7.33. The first-order valence-electron chi connectivity index (χ1n) is 4.25. The summed E-state index contributed by atoms with van der Waals surface area (Å²) in [5, 5.41) is 0. The highest BCUT2D eigenvalue weighted by molar-refractivity contribution is 7.60. The maximum Gasteiger partial charge on any atom is 0.484 e. The molecule has 9 nitrogen and oxygen atoms in total. The lowest BCUT2D eigenvalue weighted by Crippen LogP contribution is -2.23. The first kappa shape index (κ1) is 16.7. The minimum atomic E-state index is -5.16. The van der Waals surface area contributed by atoms with E-state index >= 15 is 0 Å². The molecule has 0 aromatic heterocycles. The zero-order valence-corrected chi connectivity index (χ0v) is 11.2. The Labute approximate surface area is 97.5 Å². The number of carbonyl (C=O) groups is 1. The number of hydrogen-bond donors (Lipinski definition) is 3. The molecule has 11 heteroatoms. The Morgan fingerprint density at radius 3 is 2.00 bits per heavy atom. The van der Waals surface area contributed by atoms with Gasteiger partial charge in [-0.05, 0) is 20.8 Å². The fraction of sp³-hybridized carbons (Fsp3) is 0.833. The molecule has 0 rings (SSSR count). The number of hydrogen-bond acceptors (Lipinski definition) is 6. The topological polar surface area (TPSA) is 140 Å². The molecule has 0 aliphatic carbocycles. The SMILES string of the molecule is CC(C)(C)C(=O)OCOP(=O)(O)OP(=O)(O)O. The second-order valence-electron chi connectivity index (χ2n) is 3.97. The fourth-order valence-electron chi connectivity index (χ4n) is 0.521. The van der Waals surface area contributed by atoms with Gasteiger partial charge in [0.2, 0.25) is 6.79 Å². The molecule has 3 N–H and O–H groups in total. The van der Waals surface area contributed by atoms with Crippen LogP contribution in [-0.4, -0.2) is 27.4 Å². The van der Waals surface area contributed by atoms with Gasteiger partial charge < -0.3 is 19.4 Å². The van der Waals surface area contributed by atoms with Gasteiger partial charge in [0.05, 0.1) is 5.41 Å². The van der Waals surface area contributed by atoms with Crippen molar-refractivity contribution >= 4 is 21.6 Å². The van der Waals surface area contributed by atoms with Crippen LogP contribution in [0.4, 0.5) is 0 Å². The molecule has 0 fully saturated rings. The summed E-state index contributed by atoms with van der Waals surface area (Å²) in [7, 11) is -10.1. The fourth-order valence-corrected chi connectivity index (χ4v) is 1.97. The molecule has 1 unspecified atom stereocenters. The molecule has 0 aliphatic rings. The van der Waals surface area contributed by atoms with Crippen LogP contribution in [0.2, 0.25) is 0 Å². The predicted octanol–water partition coefficient (Wildman–Crippen LogP) is 0.759. The smallest absolute Gasteiger partial charge is 0.437 e. The van der Waals surface area contributed by atoms with Crippen LogP contribution < -0.4 is 0 Å². The van der Waals surface area contributed by atoms with Gasteiger partial charge in [-0.25, -0.2) is 13.7 Å². The largest absolute Gasteiger partial charge is 0.484 e. The summed E-state index contributed by atoms with van der Waals surface area (Å²) in [6, 6.07) is 0. The highest BCUT2D eigenvalue weighted by atomic mass is 31.3. The van der Waals surface area contributed by atoms with Crippen molar-refractivity contribution in [2.45, 2.75) is 20.8 Å². The third kappa shape index (κ3) is 8.45. The van der Waals surface area contributed by atoms with Crippen molar-refractivity contribution in [2.24, 2.45) is 5.41 Å². The summed E-state index contributed by atoms with van der Waals surface area (Å²) >= 11 is 0. The number of phosphoric acid groups is 2. The Hall–Kier alpha value is -0.270. The zero-order valence-electron chi connectivity index (χ0n) is 9.39. The highest BCUT2D eigenvalue weighted by Crippen LogP contribution is 2.57. The van der Waals surface area contributed by atoms with Gasteiger partial charge in [0, 0.05) is 0 Å². The second-order valence-corrected chi connectivity index (χ2v) is 6.80. The Bertz CT molecular complexity index is 364. The third-order valence-electron chi connectivity index (χ3n) is 1.23. The summed E-state index contributed by atoms with van der Waals surface area (Å²) in [6.45, 7) is 3.67.